The van der Waals surface area contributed by atoms with Gasteiger partial charge in [-0.3, -0.25) is 9.59 Å². The van der Waals surface area contributed by atoms with E-state index in [1.807, 2.05) is 4.72 Å². The van der Waals surface area contributed by atoms with Crippen LogP contribution in [0.15, 0.2) is 12.7 Å². The summed E-state index contributed by atoms with van der Waals surface area (Å²) in [5, 5.41) is 17.0. The Morgan fingerprint density at radius 3 is 2.31 bits per heavy atom. The average molecular weight is 251 g/mol. The zero-order valence-electron chi connectivity index (χ0n) is 8.42. The molecule has 0 heterocycles. The molecule has 0 radical (unpaired) electrons. The van der Waals surface area contributed by atoms with Gasteiger partial charge in [0.15, 0.2) is 0 Å². The average Bonchev–Trinajstić information content (AvgIpc) is 2.11. The third-order valence-corrected chi connectivity index (χ3v) is 2.92. The molecule has 0 aliphatic carbocycles. The van der Waals surface area contributed by atoms with Crippen molar-refractivity contribution in [2.45, 2.75) is 18.9 Å². The van der Waals surface area contributed by atoms with Gasteiger partial charge >= 0.3 is 11.9 Å². The number of sulfonamides is 1. The fraction of sp³-hybridized carbons (Fsp3) is 0.500. The number of carbonyl (C=O) groups is 2. The molecule has 0 aliphatic rings. The SMILES string of the molecule is C=CCS(=O)(=O)N[C@@H](CCC(=O)O)C(=O)O. The summed E-state index contributed by atoms with van der Waals surface area (Å²) in [6, 6.07) is -1.43. The third kappa shape index (κ3) is 6.14. The summed E-state index contributed by atoms with van der Waals surface area (Å²) in [5.41, 5.74) is 0. The van der Waals surface area contributed by atoms with E-state index in [1.165, 1.54) is 0 Å². The highest BCUT2D eigenvalue weighted by atomic mass is 32.2. The zero-order chi connectivity index (χ0) is 12.8. The molecule has 0 saturated heterocycles. The summed E-state index contributed by atoms with van der Waals surface area (Å²) in [6.45, 7) is 3.21. The predicted octanol–water partition coefficient (Wildman–Crippen LogP) is -0.590. The highest BCUT2D eigenvalue weighted by Crippen LogP contribution is 2.00. The number of carboxylic acids is 2. The van der Waals surface area contributed by atoms with Crippen molar-refractivity contribution >= 4 is 22.0 Å². The van der Waals surface area contributed by atoms with E-state index in [2.05, 4.69) is 6.58 Å². The second-order valence-electron chi connectivity index (χ2n) is 3.01. The van der Waals surface area contributed by atoms with Crippen LogP contribution in [-0.4, -0.2) is 42.4 Å². The number of nitrogens with one attached hydrogen (secondary N) is 1. The normalized spacial score (nSPS) is 13.0. The zero-order valence-corrected chi connectivity index (χ0v) is 9.24. The highest BCUT2D eigenvalue weighted by molar-refractivity contribution is 7.89. The topological polar surface area (TPSA) is 121 Å². The van der Waals surface area contributed by atoms with E-state index in [4.69, 9.17) is 10.2 Å². The molecule has 92 valence electrons. The standard InChI is InChI=1S/C8H13NO6S/c1-2-5-16(14,15)9-6(8(12)13)3-4-7(10)11/h2,6,9H,1,3-5H2,(H,10,11)(H,12,13)/t6-/m0/s1. The number of hydrogen-bond donors (Lipinski definition) is 3. The van der Waals surface area contributed by atoms with Crippen LogP contribution in [0.3, 0.4) is 0 Å². The van der Waals surface area contributed by atoms with Crippen LogP contribution in [0.2, 0.25) is 0 Å². The first-order chi connectivity index (χ1) is 7.28. The lowest BCUT2D eigenvalue weighted by molar-refractivity contribution is -0.140. The number of aliphatic carboxylic acids is 2. The molecule has 0 aromatic rings. The van der Waals surface area contributed by atoms with E-state index < -0.39 is 40.2 Å². The number of carboxylic acid groups (broad SMARTS) is 2. The van der Waals surface area contributed by atoms with Gasteiger partial charge < -0.3 is 10.2 Å². The summed E-state index contributed by atoms with van der Waals surface area (Å²) >= 11 is 0. The van der Waals surface area contributed by atoms with Gasteiger partial charge in [0.05, 0.1) is 5.75 Å². The van der Waals surface area contributed by atoms with Gasteiger partial charge in [0.1, 0.15) is 6.04 Å². The molecule has 16 heavy (non-hydrogen) atoms. The molecule has 1 atom stereocenters. The maximum atomic E-state index is 11.2. The Morgan fingerprint density at radius 1 is 1.38 bits per heavy atom. The van der Waals surface area contributed by atoms with E-state index >= 15 is 0 Å². The quantitative estimate of drug-likeness (QED) is 0.496. The minimum absolute atomic E-state index is 0.305. The Morgan fingerprint density at radius 2 is 1.94 bits per heavy atom. The molecular weight excluding hydrogens is 238 g/mol. The molecule has 0 unspecified atom stereocenters. The molecule has 7 nitrogen and oxygen atoms in total. The lowest BCUT2D eigenvalue weighted by Gasteiger charge is -2.12. The Balaban J connectivity index is 4.51. The molecular formula is C8H13NO6S. The maximum absolute atomic E-state index is 11.2. The van der Waals surface area contributed by atoms with E-state index in [0.717, 1.165) is 6.08 Å². The Kier molecular flexibility index (Phi) is 5.68. The molecule has 0 spiro atoms. The molecule has 0 aliphatic heterocycles. The molecule has 0 saturated carbocycles. The minimum atomic E-state index is -3.77. The summed E-state index contributed by atoms with van der Waals surface area (Å²) in [6.07, 6.45) is 0.382. The van der Waals surface area contributed by atoms with Crippen molar-refractivity contribution in [2.24, 2.45) is 0 Å². The van der Waals surface area contributed by atoms with E-state index in [1.54, 1.807) is 0 Å². The Labute approximate surface area is 92.8 Å². The Hall–Kier alpha value is -1.41. The predicted molar refractivity (Wildman–Crippen MR) is 55.4 cm³/mol. The van der Waals surface area contributed by atoms with Gasteiger partial charge in [0, 0.05) is 6.42 Å². The van der Waals surface area contributed by atoms with Gasteiger partial charge in [-0.15, -0.1) is 6.58 Å². The van der Waals surface area contributed by atoms with E-state index in [9.17, 15) is 18.0 Å². The first-order valence-corrected chi connectivity index (χ1v) is 5.99. The van der Waals surface area contributed by atoms with Crippen LogP contribution < -0.4 is 4.72 Å². The molecule has 0 amide bonds. The van der Waals surface area contributed by atoms with Gasteiger partial charge in [-0.1, -0.05) is 6.08 Å². The maximum Gasteiger partial charge on any atom is 0.321 e. The monoisotopic (exact) mass is 251 g/mol. The first-order valence-electron chi connectivity index (χ1n) is 4.34. The minimum Gasteiger partial charge on any atom is -0.481 e. The van der Waals surface area contributed by atoms with Crippen molar-refractivity contribution in [3.8, 4) is 0 Å². The van der Waals surface area contributed by atoms with Gasteiger partial charge in [-0.05, 0) is 6.42 Å². The van der Waals surface area contributed by atoms with E-state index in [-0.39, 0.29) is 6.42 Å². The van der Waals surface area contributed by atoms with Gasteiger partial charge in [-0.25, -0.2) is 13.1 Å². The van der Waals surface area contributed by atoms with Crippen LogP contribution in [0.1, 0.15) is 12.8 Å². The molecule has 3 N–H and O–H groups in total. The second kappa shape index (κ2) is 6.23. The number of hydrogen-bond acceptors (Lipinski definition) is 4. The second-order valence-corrected chi connectivity index (χ2v) is 4.81. The van der Waals surface area contributed by atoms with Crippen molar-refractivity contribution in [3.63, 3.8) is 0 Å². The summed E-state index contributed by atoms with van der Waals surface area (Å²) in [5.74, 6) is -3.01. The number of rotatable bonds is 8. The molecule has 8 heteroatoms. The van der Waals surface area contributed by atoms with Gasteiger partial charge in [0.25, 0.3) is 0 Å². The fourth-order valence-corrected chi connectivity index (χ4v) is 1.98. The van der Waals surface area contributed by atoms with Crippen molar-refractivity contribution in [1.29, 1.82) is 0 Å². The highest BCUT2D eigenvalue weighted by Gasteiger charge is 2.23. The lowest BCUT2D eigenvalue weighted by atomic mass is 10.2. The van der Waals surface area contributed by atoms with Crippen LogP contribution in [0.5, 0.6) is 0 Å². The van der Waals surface area contributed by atoms with Crippen LogP contribution in [-0.2, 0) is 19.6 Å². The third-order valence-electron chi connectivity index (χ3n) is 1.60. The van der Waals surface area contributed by atoms with Crippen LogP contribution in [0, 0.1) is 0 Å². The van der Waals surface area contributed by atoms with Gasteiger partial charge in [-0.2, -0.15) is 0 Å². The molecule has 0 rings (SSSR count). The lowest BCUT2D eigenvalue weighted by Crippen LogP contribution is -2.41. The first kappa shape index (κ1) is 14.6. The van der Waals surface area contributed by atoms with Crippen LogP contribution >= 0.6 is 0 Å². The fourth-order valence-electron chi connectivity index (χ4n) is 0.921. The van der Waals surface area contributed by atoms with Crippen LogP contribution in [0.25, 0.3) is 0 Å². The van der Waals surface area contributed by atoms with E-state index in [0.29, 0.717) is 0 Å². The molecule has 0 aromatic heterocycles. The van der Waals surface area contributed by atoms with Crippen molar-refractivity contribution < 1.29 is 28.2 Å². The Bertz CT molecular complexity index is 374. The molecule has 0 fully saturated rings. The molecule has 0 bridgehead atoms. The summed E-state index contributed by atoms with van der Waals surface area (Å²) < 4.78 is 24.3. The smallest absolute Gasteiger partial charge is 0.321 e. The van der Waals surface area contributed by atoms with Crippen molar-refractivity contribution in [1.82, 2.24) is 4.72 Å². The largest absolute Gasteiger partial charge is 0.481 e. The summed E-state index contributed by atoms with van der Waals surface area (Å²) in [7, 11) is -3.77. The van der Waals surface area contributed by atoms with Gasteiger partial charge in [0.2, 0.25) is 10.0 Å². The van der Waals surface area contributed by atoms with Crippen LogP contribution in [0.4, 0.5) is 0 Å². The molecule has 0 aromatic carbocycles. The van der Waals surface area contributed by atoms with Crippen molar-refractivity contribution in [3.05, 3.63) is 12.7 Å². The summed E-state index contributed by atoms with van der Waals surface area (Å²) in [4.78, 5) is 20.9. The van der Waals surface area contributed by atoms with Crippen molar-refractivity contribution in [2.75, 3.05) is 5.75 Å².